The highest BCUT2D eigenvalue weighted by molar-refractivity contribution is 9.10. The second-order valence-electron chi connectivity index (χ2n) is 8.30. The Bertz CT molecular complexity index is 1160. The number of hydrogen-bond acceptors (Lipinski definition) is 4. The Hall–Kier alpha value is -2.12. The van der Waals surface area contributed by atoms with Crippen molar-refractivity contribution in [3.8, 4) is 0 Å². The quantitative estimate of drug-likeness (QED) is 0.540. The molecule has 3 atom stereocenters. The first-order chi connectivity index (χ1) is 14.6. The molecule has 2 aliphatic carbocycles. The summed E-state index contributed by atoms with van der Waals surface area (Å²) in [5, 5.41) is 6.53. The Morgan fingerprint density at radius 3 is 2.57 bits per heavy atom. The molecule has 0 spiro atoms. The topological polar surface area (TPSA) is 64.0 Å². The van der Waals surface area contributed by atoms with E-state index < -0.39 is 0 Å². The molecule has 1 amide bonds. The predicted molar refractivity (Wildman–Crippen MR) is 122 cm³/mol. The number of nitrogens with zero attached hydrogens (tertiary/aromatic N) is 2. The number of carbonyl (C=O) groups excluding carboxylic acids is 1. The van der Waals surface area contributed by atoms with Gasteiger partial charge in [-0.1, -0.05) is 52.3 Å². The van der Waals surface area contributed by atoms with Crippen LogP contribution in [0.3, 0.4) is 0 Å². The predicted octanol–water partition coefficient (Wildman–Crippen LogP) is 5.21. The molecule has 30 heavy (non-hydrogen) atoms. The number of amides is 1. The molecule has 0 unspecified atom stereocenters. The van der Waals surface area contributed by atoms with Crippen molar-refractivity contribution in [1.29, 1.82) is 0 Å². The van der Waals surface area contributed by atoms with Gasteiger partial charge in [-0.15, -0.1) is 9.89 Å². The number of carbonyl (C=O) groups is 1. The monoisotopic (exact) mass is 483 g/mol. The van der Waals surface area contributed by atoms with E-state index in [0.717, 1.165) is 31.9 Å². The number of fused-ring (bicyclic) bond motifs is 3. The molecule has 0 aliphatic heterocycles. The molecular weight excluding hydrogens is 462 g/mol. The number of benzene rings is 2. The third-order valence-corrected chi connectivity index (χ3v) is 7.89. The van der Waals surface area contributed by atoms with Gasteiger partial charge < -0.3 is 0 Å². The Morgan fingerprint density at radius 2 is 1.87 bits per heavy atom. The zero-order chi connectivity index (χ0) is 20.7. The molecule has 1 N–H and O–H groups in total. The van der Waals surface area contributed by atoms with Crippen LogP contribution in [0.25, 0.3) is 10.8 Å². The van der Waals surface area contributed by atoms with Gasteiger partial charge >= 0.3 is 0 Å². The molecule has 0 saturated heterocycles. The molecule has 1 heterocycles. The van der Waals surface area contributed by atoms with E-state index in [1.54, 1.807) is 6.07 Å². The second kappa shape index (κ2) is 8.19. The molecular formula is C23H22BrN3O2S. The summed E-state index contributed by atoms with van der Waals surface area (Å²) >= 11 is 4.92. The van der Waals surface area contributed by atoms with Crippen LogP contribution >= 0.6 is 27.7 Å². The van der Waals surface area contributed by atoms with Crippen LogP contribution in [0.2, 0.25) is 0 Å². The zero-order valence-electron chi connectivity index (χ0n) is 16.4. The molecule has 2 bridgehead atoms. The highest BCUT2D eigenvalue weighted by Crippen LogP contribution is 2.49. The summed E-state index contributed by atoms with van der Waals surface area (Å²) in [5.74, 6) is 1.78. The van der Waals surface area contributed by atoms with Crippen LogP contribution in [0.4, 0.5) is 0 Å². The van der Waals surface area contributed by atoms with Gasteiger partial charge in [0.2, 0.25) is 5.91 Å². The van der Waals surface area contributed by atoms with Crippen molar-refractivity contribution in [2.24, 2.45) is 17.8 Å². The molecule has 5 nitrogen and oxygen atoms in total. The normalized spacial score (nSPS) is 22.5. The first kappa shape index (κ1) is 19.8. The third kappa shape index (κ3) is 3.93. The van der Waals surface area contributed by atoms with E-state index in [9.17, 15) is 9.59 Å². The van der Waals surface area contributed by atoms with Crippen LogP contribution in [0.5, 0.6) is 0 Å². The van der Waals surface area contributed by atoms with Gasteiger partial charge in [-0.25, -0.2) is 5.43 Å². The number of nitrogens with one attached hydrogen (secondary N) is 1. The average molecular weight is 484 g/mol. The van der Waals surface area contributed by atoms with Gasteiger partial charge in [-0.2, -0.15) is 0 Å². The minimum absolute atomic E-state index is 0.128. The summed E-state index contributed by atoms with van der Waals surface area (Å²) in [4.78, 5) is 27.8. The maximum absolute atomic E-state index is 12.9. The first-order valence-electron chi connectivity index (χ1n) is 10.3. The van der Waals surface area contributed by atoms with Crippen molar-refractivity contribution in [1.82, 2.24) is 9.89 Å². The van der Waals surface area contributed by atoms with Crippen LogP contribution < -0.4 is 11.0 Å². The molecule has 2 aliphatic rings. The number of hydrogen-bond donors (Lipinski definition) is 1. The third-order valence-electron chi connectivity index (χ3n) is 6.36. The summed E-state index contributed by atoms with van der Waals surface area (Å²) < 4.78 is 1.00. The second-order valence-corrected chi connectivity index (χ2v) is 10.3. The molecule has 154 valence electrons. The lowest BCUT2D eigenvalue weighted by Crippen LogP contribution is -2.36. The fourth-order valence-corrected chi connectivity index (χ4v) is 6.12. The minimum Gasteiger partial charge on any atom is -0.273 e. The van der Waals surface area contributed by atoms with Crippen molar-refractivity contribution < 1.29 is 4.79 Å². The molecule has 0 radical (unpaired) electrons. The van der Waals surface area contributed by atoms with E-state index in [1.165, 1.54) is 31.0 Å². The molecule has 1 aromatic heterocycles. The highest BCUT2D eigenvalue weighted by atomic mass is 79.9. The fourth-order valence-electron chi connectivity index (χ4n) is 4.95. The van der Waals surface area contributed by atoms with E-state index in [2.05, 4.69) is 26.5 Å². The largest absolute Gasteiger partial charge is 0.294 e. The fraction of sp³-hybridized carbons (Fsp3) is 0.348. The van der Waals surface area contributed by atoms with E-state index >= 15 is 0 Å². The van der Waals surface area contributed by atoms with Crippen LogP contribution in [0.15, 0.2) is 67.7 Å². The summed E-state index contributed by atoms with van der Waals surface area (Å²) in [6.45, 7) is 0. The lowest BCUT2D eigenvalue weighted by atomic mass is 9.86. The Balaban J connectivity index is 1.42. The molecule has 2 aromatic carbocycles. The van der Waals surface area contributed by atoms with Gasteiger partial charge in [0.1, 0.15) is 5.03 Å². The van der Waals surface area contributed by atoms with Gasteiger partial charge in [-0.05, 0) is 67.3 Å². The van der Waals surface area contributed by atoms with Crippen LogP contribution in [0.1, 0.15) is 32.1 Å². The van der Waals surface area contributed by atoms with E-state index in [1.807, 2.05) is 42.5 Å². The van der Waals surface area contributed by atoms with Gasteiger partial charge in [0.25, 0.3) is 5.56 Å². The summed E-state index contributed by atoms with van der Waals surface area (Å²) in [5.41, 5.74) is 2.46. The lowest BCUT2D eigenvalue weighted by molar-refractivity contribution is -0.118. The number of aromatic nitrogens is 2. The first-order valence-corrected chi connectivity index (χ1v) is 11.9. The Labute approximate surface area is 187 Å². The van der Waals surface area contributed by atoms with E-state index in [0.29, 0.717) is 28.7 Å². The zero-order valence-corrected chi connectivity index (χ0v) is 18.8. The van der Waals surface area contributed by atoms with Crippen molar-refractivity contribution >= 4 is 44.4 Å². The van der Waals surface area contributed by atoms with Crippen LogP contribution in [-0.4, -0.2) is 15.8 Å². The molecule has 2 fully saturated rings. The van der Waals surface area contributed by atoms with Crippen molar-refractivity contribution in [2.45, 2.75) is 42.0 Å². The van der Waals surface area contributed by atoms with Crippen LogP contribution in [-0.2, 0) is 4.79 Å². The average Bonchev–Trinajstić information content (AvgIpc) is 3.36. The SMILES string of the molecule is O=C(C[C@H]1C[C@@H]2CC[C@H]1C2)Nn1nc(Sc2ccc(Br)cc2)c2ccccc2c1=O. The van der Waals surface area contributed by atoms with Crippen molar-refractivity contribution in [3.05, 3.63) is 63.4 Å². The summed E-state index contributed by atoms with van der Waals surface area (Å²) in [7, 11) is 0. The molecule has 3 aromatic rings. The molecule has 7 heteroatoms. The minimum atomic E-state index is -0.299. The highest BCUT2D eigenvalue weighted by Gasteiger charge is 2.40. The number of halogens is 1. The summed E-state index contributed by atoms with van der Waals surface area (Å²) in [6, 6.07) is 15.3. The lowest BCUT2D eigenvalue weighted by Gasteiger charge is -2.21. The van der Waals surface area contributed by atoms with Gasteiger partial charge in [0.15, 0.2) is 0 Å². The van der Waals surface area contributed by atoms with Gasteiger partial charge in [0, 0.05) is 21.2 Å². The Kier molecular flexibility index (Phi) is 5.41. The smallest absolute Gasteiger partial charge is 0.273 e. The Morgan fingerprint density at radius 1 is 1.10 bits per heavy atom. The van der Waals surface area contributed by atoms with Gasteiger partial charge in [-0.3, -0.25) is 9.59 Å². The summed E-state index contributed by atoms with van der Waals surface area (Å²) in [6.07, 6.45) is 5.43. The van der Waals surface area contributed by atoms with E-state index in [4.69, 9.17) is 0 Å². The number of rotatable bonds is 5. The van der Waals surface area contributed by atoms with Gasteiger partial charge in [0.05, 0.1) is 5.39 Å². The van der Waals surface area contributed by atoms with Crippen molar-refractivity contribution in [3.63, 3.8) is 0 Å². The standard InChI is InChI=1S/C23H22BrN3O2S/c24-17-7-9-18(10-8-17)30-22-19-3-1-2-4-20(19)23(29)27(26-22)25-21(28)13-16-12-14-5-6-15(16)11-14/h1-4,7-10,14-16H,5-6,11-13H2,(H,25,28)/t14-,15+,16-/m1/s1. The molecule has 2 saturated carbocycles. The molecule has 5 rings (SSSR count). The maximum Gasteiger partial charge on any atom is 0.294 e. The van der Waals surface area contributed by atoms with E-state index in [-0.39, 0.29) is 11.5 Å². The van der Waals surface area contributed by atoms with Crippen molar-refractivity contribution in [2.75, 3.05) is 5.43 Å². The maximum atomic E-state index is 12.9. The van der Waals surface area contributed by atoms with Crippen LogP contribution in [0, 0.1) is 17.8 Å².